The number of aromatic carboxylic acids is 1. The number of hydrogen-bond acceptors (Lipinski definition) is 1. The lowest BCUT2D eigenvalue weighted by Crippen LogP contribution is -1.98. The van der Waals surface area contributed by atoms with Crippen molar-refractivity contribution < 1.29 is 9.90 Å². The molecule has 0 unspecified atom stereocenters. The number of fused-ring (bicyclic) bond motifs is 1. The highest BCUT2D eigenvalue weighted by Crippen LogP contribution is 2.34. The van der Waals surface area contributed by atoms with E-state index in [9.17, 15) is 4.79 Å². The number of carboxylic acids is 1. The first-order valence-electron chi connectivity index (χ1n) is 4.77. The van der Waals surface area contributed by atoms with Gasteiger partial charge in [-0.2, -0.15) is 0 Å². The molecular formula is C11H9Cl2NO2. The van der Waals surface area contributed by atoms with E-state index < -0.39 is 5.97 Å². The second-order valence-corrected chi connectivity index (χ2v) is 4.12. The minimum absolute atomic E-state index is 0.112. The minimum atomic E-state index is -1.04. The van der Waals surface area contributed by atoms with Crippen molar-refractivity contribution in [2.75, 3.05) is 0 Å². The smallest absolute Gasteiger partial charge is 0.339 e. The summed E-state index contributed by atoms with van der Waals surface area (Å²) in [5.74, 6) is -1.04. The Labute approximate surface area is 102 Å². The molecule has 0 fully saturated rings. The number of carbonyl (C=O) groups is 1. The van der Waals surface area contributed by atoms with Gasteiger partial charge in [0.15, 0.2) is 0 Å². The molecule has 1 aromatic heterocycles. The molecule has 2 aromatic rings. The molecule has 16 heavy (non-hydrogen) atoms. The minimum Gasteiger partial charge on any atom is -0.478 e. The normalized spacial score (nSPS) is 10.9. The van der Waals surface area contributed by atoms with Gasteiger partial charge < -0.3 is 9.67 Å². The number of nitrogens with zero attached hydrogens (tertiary/aromatic N) is 1. The molecule has 0 saturated carbocycles. The van der Waals surface area contributed by atoms with Crippen LogP contribution in [0.25, 0.3) is 10.9 Å². The van der Waals surface area contributed by atoms with Crippen molar-refractivity contribution in [3.8, 4) is 0 Å². The quantitative estimate of drug-likeness (QED) is 0.892. The first-order chi connectivity index (χ1) is 7.57. The van der Waals surface area contributed by atoms with E-state index in [1.165, 1.54) is 0 Å². The van der Waals surface area contributed by atoms with Gasteiger partial charge in [-0.1, -0.05) is 35.3 Å². The van der Waals surface area contributed by atoms with Gasteiger partial charge in [-0.15, -0.1) is 0 Å². The molecule has 0 saturated heterocycles. The van der Waals surface area contributed by atoms with E-state index in [0.717, 1.165) is 0 Å². The van der Waals surface area contributed by atoms with Crippen LogP contribution in [0.15, 0.2) is 18.2 Å². The fourth-order valence-corrected chi connectivity index (χ4v) is 2.50. The topological polar surface area (TPSA) is 42.2 Å². The molecule has 1 N–H and O–H groups in total. The second kappa shape index (κ2) is 4.00. The summed E-state index contributed by atoms with van der Waals surface area (Å²) in [6, 6.07) is 5.15. The molecule has 0 radical (unpaired) electrons. The maximum Gasteiger partial charge on any atom is 0.339 e. The van der Waals surface area contributed by atoms with Crippen molar-refractivity contribution in [3.63, 3.8) is 0 Å². The Morgan fingerprint density at radius 1 is 1.44 bits per heavy atom. The zero-order valence-corrected chi connectivity index (χ0v) is 10.0. The van der Waals surface area contributed by atoms with Crippen LogP contribution in [0.3, 0.4) is 0 Å². The Hall–Kier alpha value is -1.19. The van der Waals surface area contributed by atoms with Gasteiger partial charge in [0.2, 0.25) is 0 Å². The molecule has 0 aliphatic carbocycles. The summed E-state index contributed by atoms with van der Waals surface area (Å²) in [5, 5.41) is 10.4. The van der Waals surface area contributed by atoms with Crippen LogP contribution in [0.1, 0.15) is 17.3 Å². The van der Waals surface area contributed by atoms with E-state index in [4.69, 9.17) is 28.3 Å². The molecule has 1 heterocycles. The maximum absolute atomic E-state index is 11.1. The Kier molecular flexibility index (Phi) is 2.82. The maximum atomic E-state index is 11.1. The fraction of sp³-hybridized carbons (Fsp3) is 0.182. The Morgan fingerprint density at radius 3 is 2.69 bits per heavy atom. The molecule has 5 heteroatoms. The monoisotopic (exact) mass is 257 g/mol. The van der Waals surface area contributed by atoms with Crippen LogP contribution in [0.2, 0.25) is 10.2 Å². The average Bonchev–Trinajstić information content (AvgIpc) is 2.51. The molecular weight excluding hydrogens is 249 g/mol. The molecule has 3 nitrogen and oxygen atoms in total. The summed E-state index contributed by atoms with van der Waals surface area (Å²) < 4.78 is 1.70. The van der Waals surface area contributed by atoms with E-state index in [1.807, 2.05) is 6.92 Å². The molecule has 84 valence electrons. The third kappa shape index (κ3) is 1.47. The molecule has 0 atom stereocenters. The molecule has 1 aromatic carbocycles. The fourth-order valence-electron chi connectivity index (χ4n) is 1.84. The van der Waals surface area contributed by atoms with Gasteiger partial charge in [0.25, 0.3) is 0 Å². The number of para-hydroxylation sites is 1. The highest BCUT2D eigenvalue weighted by Gasteiger charge is 2.21. The molecule has 0 bridgehead atoms. The van der Waals surface area contributed by atoms with E-state index in [2.05, 4.69) is 0 Å². The van der Waals surface area contributed by atoms with Gasteiger partial charge in [-0.3, -0.25) is 0 Å². The summed E-state index contributed by atoms with van der Waals surface area (Å²) >= 11 is 12.1. The number of hydrogen-bond donors (Lipinski definition) is 1. The van der Waals surface area contributed by atoms with E-state index in [-0.39, 0.29) is 10.7 Å². The zero-order chi connectivity index (χ0) is 11.9. The van der Waals surface area contributed by atoms with E-state index in [0.29, 0.717) is 22.5 Å². The summed E-state index contributed by atoms with van der Waals surface area (Å²) in [6.45, 7) is 2.46. The third-order valence-corrected chi connectivity index (χ3v) is 3.20. The standard InChI is InChI=1S/C11H9Cl2NO2/c1-2-14-9-6(4-3-5-7(9)12)8(10(14)13)11(15)16/h3-5H,2H2,1H3,(H,15,16). The summed E-state index contributed by atoms with van der Waals surface area (Å²) in [6.07, 6.45) is 0. The predicted molar refractivity (Wildman–Crippen MR) is 64.6 cm³/mol. The lowest BCUT2D eigenvalue weighted by atomic mass is 10.2. The lowest BCUT2D eigenvalue weighted by molar-refractivity contribution is 0.0699. The molecule has 0 spiro atoms. The number of aryl methyl sites for hydroxylation is 1. The summed E-state index contributed by atoms with van der Waals surface area (Å²) in [5.41, 5.74) is 0.787. The van der Waals surface area contributed by atoms with E-state index in [1.54, 1.807) is 22.8 Å². The van der Waals surface area contributed by atoms with Gasteiger partial charge >= 0.3 is 5.97 Å². The average molecular weight is 258 g/mol. The van der Waals surface area contributed by atoms with Gasteiger partial charge in [0.1, 0.15) is 10.7 Å². The number of aromatic nitrogens is 1. The van der Waals surface area contributed by atoms with Gasteiger partial charge in [-0.05, 0) is 13.0 Å². The lowest BCUT2D eigenvalue weighted by Gasteiger charge is -2.03. The SMILES string of the molecule is CCn1c(Cl)c(C(=O)O)c2cccc(Cl)c21. The van der Waals surface area contributed by atoms with Crippen molar-refractivity contribution in [2.24, 2.45) is 0 Å². The van der Waals surface area contributed by atoms with Crippen LogP contribution >= 0.6 is 23.2 Å². The number of benzene rings is 1. The van der Waals surface area contributed by atoms with Gasteiger partial charge in [0.05, 0.1) is 10.5 Å². The first kappa shape index (κ1) is 11.3. The predicted octanol–water partition coefficient (Wildman–Crippen LogP) is 3.67. The van der Waals surface area contributed by atoms with Crippen LogP contribution in [-0.4, -0.2) is 15.6 Å². The second-order valence-electron chi connectivity index (χ2n) is 3.35. The van der Waals surface area contributed by atoms with Crippen molar-refractivity contribution in [2.45, 2.75) is 13.5 Å². The van der Waals surface area contributed by atoms with Crippen LogP contribution < -0.4 is 0 Å². The van der Waals surface area contributed by atoms with Crippen molar-refractivity contribution in [1.82, 2.24) is 4.57 Å². The highest BCUT2D eigenvalue weighted by molar-refractivity contribution is 6.39. The zero-order valence-electron chi connectivity index (χ0n) is 8.50. The van der Waals surface area contributed by atoms with Crippen molar-refractivity contribution in [1.29, 1.82) is 0 Å². The van der Waals surface area contributed by atoms with Gasteiger partial charge in [-0.25, -0.2) is 4.79 Å². The van der Waals surface area contributed by atoms with Crippen LogP contribution in [0.5, 0.6) is 0 Å². The molecule has 0 aliphatic rings. The largest absolute Gasteiger partial charge is 0.478 e. The molecule has 0 amide bonds. The molecule has 2 rings (SSSR count). The number of halogens is 2. The summed E-state index contributed by atoms with van der Waals surface area (Å²) in [4.78, 5) is 11.1. The van der Waals surface area contributed by atoms with Crippen molar-refractivity contribution in [3.05, 3.63) is 33.9 Å². The molecule has 0 aliphatic heterocycles. The van der Waals surface area contributed by atoms with E-state index >= 15 is 0 Å². The first-order valence-corrected chi connectivity index (χ1v) is 5.53. The van der Waals surface area contributed by atoms with Gasteiger partial charge in [0, 0.05) is 11.9 Å². The van der Waals surface area contributed by atoms with Crippen LogP contribution in [0, 0.1) is 0 Å². The highest BCUT2D eigenvalue weighted by atomic mass is 35.5. The van der Waals surface area contributed by atoms with Crippen LogP contribution in [0.4, 0.5) is 0 Å². The van der Waals surface area contributed by atoms with Crippen LogP contribution in [-0.2, 0) is 6.54 Å². The number of rotatable bonds is 2. The Bertz CT molecular complexity index is 575. The number of carboxylic acid groups (broad SMARTS) is 1. The Balaban J connectivity index is 2.98. The van der Waals surface area contributed by atoms with Crippen molar-refractivity contribution >= 4 is 40.1 Å². The Morgan fingerprint density at radius 2 is 2.12 bits per heavy atom. The summed E-state index contributed by atoms with van der Waals surface area (Å²) in [7, 11) is 0. The third-order valence-electron chi connectivity index (χ3n) is 2.50.